The zero-order chi connectivity index (χ0) is 22.4. The summed E-state index contributed by atoms with van der Waals surface area (Å²) in [5.74, 6) is 0.350. The van der Waals surface area contributed by atoms with E-state index in [9.17, 15) is 13.2 Å². The summed E-state index contributed by atoms with van der Waals surface area (Å²) >= 11 is 0. The highest BCUT2D eigenvalue weighted by molar-refractivity contribution is 7.92. The van der Waals surface area contributed by atoms with Gasteiger partial charge < -0.3 is 10.1 Å². The molecule has 6 nitrogen and oxygen atoms in total. The second kappa shape index (κ2) is 9.98. The zero-order valence-electron chi connectivity index (χ0n) is 18.4. The van der Waals surface area contributed by atoms with Crippen LogP contribution in [0, 0.1) is 0 Å². The molecule has 0 aliphatic rings. The number of carbonyl (C=O) groups is 1. The van der Waals surface area contributed by atoms with Gasteiger partial charge in [0.15, 0.2) is 0 Å². The monoisotopic (exact) mass is 432 g/mol. The highest BCUT2D eigenvalue weighted by atomic mass is 32.2. The van der Waals surface area contributed by atoms with Gasteiger partial charge in [-0.1, -0.05) is 52.0 Å². The predicted molar refractivity (Wildman–Crippen MR) is 122 cm³/mol. The van der Waals surface area contributed by atoms with Gasteiger partial charge in [-0.2, -0.15) is 0 Å². The Hall–Kier alpha value is -2.54. The third-order valence-electron chi connectivity index (χ3n) is 4.73. The number of benzene rings is 2. The number of hydrogen-bond donors (Lipinski definition) is 1. The number of nitrogens with zero attached hydrogens (tertiary/aromatic N) is 1. The van der Waals surface area contributed by atoms with Gasteiger partial charge in [0.1, 0.15) is 18.9 Å². The van der Waals surface area contributed by atoms with Crippen LogP contribution < -0.4 is 14.4 Å². The van der Waals surface area contributed by atoms with Crippen LogP contribution in [0.2, 0.25) is 0 Å². The van der Waals surface area contributed by atoms with Gasteiger partial charge in [0.05, 0.1) is 18.5 Å². The van der Waals surface area contributed by atoms with Crippen LogP contribution in [0.4, 0.5) is 5.69 Å². The van der Waals surface area contributed by atoms with E-state index >= 15 is 0 Å². The summed E-state index contributed by atoms with van der Waals surface area (Å²) in [5.41, 5.74) is 2.75. The summed E-state index contributed by atoms with van der Waals surface area (Å²) in [4.78, 5) is 12.3. The first-order valence-electron chi connectivity index (χ1n) is 10.1. The number of carbonyl (C=O) groups excluding carboxylic acids is 1. The van der Waals surface area contributed by atoms with Crippen molar-refractivity contribution >= 4 is 21.6 Å². The van der Waals surface area contributed by atoms with Crippen molar-refractivity contribution in [2.75, 3.05) is 30.3 Å². The fourth-order valence-electron chi connectivity index (χ4n) is 2.89. The summed E-state index contributed by atoms with van der Waals surface area (Å²) in [5, 5.41) is 2.71. The molecule has 0 unspecified atom stereocenters. The number of ether oxygens (including phenoxy) is 1. The highest BCUT2D eigenvalue weighted by Gasteiger charge is 2.21. The van der Waals surface area contributed by atoms with Gasteiger partial charge in [0.2, 0.25) is 15.9 Å². The Bertz CT molecular complexity index is 931. The maximum Gasteiger partial charge on any atom is 0.240 e. The number of hydrogen-bond acceptors (Lipinski definition) is 4. The molecule has 0 aromatic heterocycles. The molecule has 2 aromatic carbocycles. The summed E-state index contributed by atoms with van der Waals surface area (Å²) in [6.45, 7) is 8.66. The Kier molecular flexibility index (Phi) is 7.89. The molecule has 0 aliphatic heterocycles. The van der Waals surface area contributed by atoms with Gasteiger partial charge >= 0.3 is 0 Å². The van der Waals surface area contributed by atoms with Gasteiger partial charge in [-0.15, -0.1) is 0 Å². The van der Waals surface area contributed by atoms with E-state index in [-0.39, 0.29) is 24.4 Å². The van der Waals surface area contributed by atoms with Gasteiger partial charge in [0, 0.05) is 0 Å². The molecule has 1 amide bonds. The molecule has 1 N–H and O–H groups in total. The standard InChI is InChI=1S/C23H32N2O4S/c1-6-18-7-13-21(14-8-18)29-16-15-24-22(26)17-25(30(5,27)28)20-11-9-19(10-12-20)23(2,3)4/h7-14H,6,15-17H2,1-5H3,(H,24,26). The Morgan fingerprint density at radius 3 is 2.13 bits per heavy atom. The van der Waals surface area contributed by atoms with E-state index in [0.29, 0.717) is 12.3 Å². The summed E-state index contributed by atoms with van der Waals surface area (Å²) in [6.07, 6.45) is 2.06. The quantitative estimate of drug-likeness (QED) is 0.615. The maximum atomic E-state index is 12.3. The molecular formula is C23H32N2O4S. The van der Waals surface area contributed by atoms with Crippen molar-refractivity contribution in [1.29, 1.82) is 0 Å². The summed E-state index contributed by atoms with van der Waals surface area (Å²) < 4.78 is 31.2. The molecule has 0 fully saturated rings. The number of aryl methyl sites for hydroxylation is 1. The van der Waals surface area contributed by atoms with E-state index in [2.05, 4.69) is 33.0 Å². The van der Waals surface area contributed by atoms with Gasteiger partial charge in [-0.05, 0) is 47.2 Å². The topological polar surface area (TPSA) is 75.7 Å². The molecule has 0 radical (unpaired) electrons. The van der Waals surface area contributed by atoms with E-state index in [4.69, 9.17) is 4.74 Å². The molecule has 0 aliphatic carbocycles. The van der Waals surface area contributed by atoms with Crippen molar-refractivity contribution in [3.05, 3.63) is 59.7 Å². The molecule has 0 saturated carbocycles. The fraction of sp³-hybridized carbons (Fsp3) is 0.435. The molecule has 0 heterocycles. The lowest BCUT2D eigenvalue weighted by molar-refractivity contribution is -0.119. The van der Waals surface area contributed by atoms with Gasteiger partial charge in [-0.25, -0.2) is 8.42 Å². The van der Waals surface area contributed by atoms with Crippen molar-refractivity contribution in [2.24, 2.45) is 0 Å². The van der Waals surface area contributed by atoms with Crippen molar-refractivity contribution in [1.82, 2.24) is 5.32 Å². The minimum Gasteiger partial charge on any atom is -0.492 e. The second-order valence-corrected chi connectivity index (χ2v) is 10.2. The van der Waals surface area contributed by atoms with E-state index in [0.717, 1.165) is 28.3 Å². The van der Waals surface area contributed by atoms with Crippen LogP contribution in [-0.4, -0.2) is 40.3 Å². The molecule has 0 atom stereocenters. The molecule has 0 bridgehead atoms. The van der Waals surface area contributed by atoms with E-state index < -0.39 is 10.0 Å². The molecule has 30 heavy (non-hydrogen) atoms. The van der Waals surface area contributed by atoms with Crippen molar-refractivity contribution in [2.45, 2.75) is 39.5 Å². The average molecular weight is 433 g/mol. The van der Waals surface area contributed by atoms with Crippen LogP contribution in [0.3, 0.4) is 0 Å². The molecule has 0 spiro atoms. The number of amides is 1. The number of rotatable bonds is 9. The first-order valence-corrected chi connectivity index (χ1v) is 11.9. The lowest BCUT2D eigenvalue weighted by Gasteiger charge is -2.24. The first kappa shape index (κ1) is 23.7. The Morgan fingerprint density at radius 1 is 1.03 bits per heavy atom. The SMILES string of the molecule is CCc1ccc(OCCNC(=O)CN(c2ccc(C(C)(C)C)cc2)S(C)(=O)=O)cc1. The molecule has 2 rings (SSSR count). The van der Waals surface area contributed by atoms with Crippen LogP contribution in [0.5, 0.6) is 5.75 Å². The normalized spacial score (nSPS) is 11.8. The lowest BCUT2D eigenvalue weighted by Crippen LogP contribution is -2.41. The van der Waals surface area contributed by atoms with E-state index in [1.165, 1.54) is 5.56 Å². The first-order chi connectivity index (χ1) is 14.0. The van der Waals surface area contributed by atoms with Crippen molar-refractivity contribution in [3.8, 4) is 5.75 Å². The second-order valence-electron chi connectivity index (χ2n) is 8.26. The minimum atomic E-state index is -3.60. The van der Waals surface area contributed by atoms with Crippen LogP contribution in [0.15, 0.2) is 48.5 Å². The van der Waals surface area contributed by atoms with Gasteiger partial charge in [0.25, 0.3) is 0 Å². The minimum absolute atomic E-state index is 0.0390. The number of anilines is 1. The third-order valence-corrected chi connectivity index (χ3v) is 5.87. The van der Waals surface area contributed by atoms with E-state index in [1.807, 2.05) is 36.4 Å². The average Bonchev–Trinajstić information content (AvgIpc) is 2.68. The zero-order valence-corrected chi connectivity index (χ0v) is 19.3. The third kappa shape index (κ3) is 7.06. The Balaban J connectivity index is 1.92. The molecular weight excluding hydrogens is 400 g/mol. The highest BCUT2D eigenvalue weighted by Crippen LogP contribution is 2.25. The molecule has 2 aromatic rings. The predicted octanol–water partition coefficient (Wildman–Crippen LogP) is 3.51. The van der Waals surface area contributed by atoms with Crippen LogP contribution in [-0.2, 0) is 26.7 Å². The maximum absolute atomic E-state index is 12.3. The van der Waals surface area contributed by atoms with Crippen LogP contribution in [0.1, 0.15) is 38.8 Å². The molecule has 7 heteroatoms. The van der Waals surface area contributed by atoms with Crippen LogP contribution >= 0.6 is 0 Å². The lowest BCUT2D eigenvalue weighted by atomic mass is 9.87. The molecule has 0 saturated heterocycles. The number of nitrogens with one attached hydrogen (secondary N) is 1. The largest absolute Gasteiger partial charge is 0.492 e. The summed E-state index contributed by atoms with van der Waals surface area (Å²) in [6, 6.07) is 15.0. The fourth-order valence-corrected chi connectivity index (χ4v) is 3.75. The Morgan fingerprint density at radius 2 is 1.63 bits per heavy atom. The van der Waals surface area contributed by atoms with Crippen molar-refractivity contribution < 1.29 is 17.9 Å². The van der Waals surface area contributed by atoms with Crippen molar-refractivity contribution in [3.63, 3.8) is 0 Å². The number of sulfonamides is 1. The Labute approximate surface area is 180 Å². The van der Waals surface area contributed by atoms with E-state index in [1.54, 1.807) is 12.1 Å². The van der Waals surface area contributed by atoms with Crippen LogP contribution in [0.25, 0.3) is 0 Å². The summed E-state index contributed by atoms with van der Waals surface area (Å²) in [7, 11) is -3.60. The van der Waals surface area contributed by atoms with Gasteiger partial charge in [-0.3, -0.25) is 9.10 Å². The smallest absolute Gasteiger partial charge is 0.240 e. The molecule has 164 valence electrons.